The highest BCUT2D eigenvalue weighted by Crippen LogP contribution is 2.20. The summed E-state index contributed by atoms with van der Waals surface area (Å²) >= 11 is 0. The van der Waals surface area contributed by atoms with Crippen LogP contribution in [0.5, 0.6) is 0 Å². The van der Waals surface area contributed by atoms with E-state index in [-0.39, 0.29) is 5.91 Å². The molecular formula is C14H18N4O. The molecule has 0 bridgehead atoms. The molecule has 0 radical (unpaired) electrons. The van der Waals surface area contributed by atoms with Gasteiger partial charge in [-0.2, -0.15) is 0 Å². The van der Waals surface area contributed by atoms with Gasteiger partial charge in [0, 0.05) is 24.0 Å². The zero-order valence-electron chi connectivity index (χ0n) is 11.4. The number of aromatic amines is 1. The number of aromatic nitrogens is 2. The van der Waals surface area contributed by atoms with E-state index in [0.717, 1.165) is 28.3 Å². The average Bonchev–Trinajstić information content (AvgIpc) is 2.75. The predicted molar refractivity (Wildman–Crippen MR) is 76.1 cm³/mol. The Hall–Kier alpha value is -2.30. The molecule has 1 heterocycles. The number of aryl methyl sites for hydroxylation is 2. The highest BCUT2D eigenvalue weighted by molar-refractivity contribution is 5.89. The molecule has 5 nitrogen and oxygen atoms in total. The Bertz CT molecular complexity index is 589. The van der Waals surface area contributed by atoms with Crippen LogP contribution in [0.4, 0.5) is 11.4 Å². The Labute approximate surface area is 112 Å². The minimum absolute atomic E-state index is 0.0593. The van der Waals surface area contributed by atoms with E-state index in [1.807, 2.05) is 32.0 Å². The average molecular weight is 258 g/mol. The summed E-state index contributed by atoms with van der Waals surface area (Å²) < 4.78 is 0. The number of rotatable bonds is 4. The van der Waals surface area contributed by atoms with Crippen LogP contribution < -0.4 is 10.6 Å². The highest BCUT2D eigenvalue weighted by Gasteiger charge is 2.03. The largest absolute Gasteiger partial charge is 0.379 e. The number of nitrogens with zero attached hydrogens (tertiary/aromatic N) is 1. The number of amides is 1. The number of carbonyl (C=O) groups is 1. The van der Waals surface area contributed by atoms with Crippen molar-refractivity contribution in [3.63, 3.8) is 0 Å². The van der Waals surface area contributed by atoms with E-state index in [2.05, 4.69) is 20.6 Å². The molecule has 0 atom stereocenters. The van der Waals surface area contributed by atoms with Crippen molar-refractivity contribution < 1.29 is 4.79 Å². The van der Waals surface area contributed by atoms with Gasteiger partial charge in [-0.25, -0.2) is 4.98 Å². The number of imidazole rings is 1. The number of carbonyl (C=O) groups excluding carboxylic acids is 1. The third-order valence-electron chi connectivity index (χ3n) is 2.93. The Morgan fingerprint density at radius 2 is 2.16 bits per heavy atom. The molecule has 0 unspecified atom stereocenters. The number of nitrogens with one attached hydrogen (secondary N) is 3. The summed E-state index contributed by atoms with van der Waals surface area (Å²) in [5.74, 6) is -0.0593. The van der Waals surface area contributed by atoms with E-state index in [4.69, 9.17) is 0 Å². The maximum Gasteiger partial charge on any atom is 0.221 e. The molecule has 2 aromatic rings. The van der Waals surface area contributed by atoms with Gasteiger partial charge < -0.3 is 15.6 Å². The van der Waals surface area contributed by atoms with Gasteiger partial charge in [-0.1, -0.05) is 0 Å². The van der Waals surface area contributed by atoms with Crippen LogP contribution in [-0.4, -0.2) is 15.9 Å². The smallest absolute Gasteiger partial charge is 0.221 e. The van der Waals surface area contributed by atoms with Gasteiger partial charge in [0.2, 0.25) is 5.91 Å². The van der Waals surface area contributed by atoms with Gasteiger partial charge in [0.25, 0.3) is 0 Å². The predicted octanol–water partition coefficient (Wildman–Crippen LogP) is 2.60. The molecule has 0 fully saturated rings. The van der Waals surface area contributed by atoms with E-state index in [9.17, 15) is 4.79 Å². The first kappa shape index (κ1) is 13.1. The molecule has 3 N–H and O–H groups in total. The van der Waals surface area contributed by atoms with Crippen LogP contribution in [0.25, 0.3) is 0 Å². The van der Waals surface area contributed by atoms with Crippen LogP contribution in [-0.2, 0) is 11.3 Å². The summed E-state index contributed by atoms with van der Waals surface area (Å²) in [4.78, 5) is 18.3. The van der Waals surface area contributed by atoms with Crippen molar-refractivity contribution in [3.8, 4) is 0 Å². The topological polar surface area (TPSA) is 69.8 Å². The maximum atomic E-state index is 11.0. The summed E-state index contributed by atoms with van der Waals surface area (Å²) in [6.07, 6.45) is 1.69. The first-order chi connectivity index (χ1) is 9.06. The second-order valence-electron chi connectivity index (χ2n) is 4.54. The second-order valence-corrected chi connectivity index (χ2v) is 4.54. The lowest BCUT2D eigenvalue weighted by Gasteiger charge is -2.10. The van der Waals surface area contributed by atoms with Crippen LogP contribution in [0.1, 0.15) is 23.9 Å². The molecular weight excluding hydrogens is 240 g/mol. The molecule has 0 spiro atoms. The second kappa shape index (κ2) is 5.56. The van der Waals surface area contributed by atoms with Gasteiger partial charge in [-0.15, -0.1) is 0 Å². The minimum Gasteiger partial charge on any atom is -0.379 e. The van der Waals surface area contributed by atoms with Gasteiger partial charge in [0.1, 0.15) is 0 Å². The molecule has 0 aliphatic carbocycles. The fraction of sp³-hybridized carbons (Fsp3) is 0.286. The van der Waals surface area contributed by atoms with Crippen molar-refractivity contribution in [1.29, 1.82) is 0 Å². The fourth-order valence-corrected chi connectivity index (χ4v) is 1.85. The number of anilines is 2. The molecule has 1 aromatic heterocycles. The zero-order valence-corrected chi connectivity index (χ0v) is 11.4. The third kappa shape index (κ3) is 3.34. The summed E-state index contributed by atoms with van der Waals surface area (Å²) in [5.41, 5.74) is 4.95. The van der Waals surface area contributed by atoms with Gasteiger partial charge in [0.05, 0.1) is 18.6 Å². The molecule has 100 valence electrons. The summed E-state index contributed by atoms with van der Waals surface area (Å²) in [7, 11) is 0. The van der Waals surface area contributed by atoms with Crippen molar-refractivity contribution in [2.24, 2.45) is 0 Å². The van der Waals surface area contributed by atoms with Crippen molar-refractivity contribution >= 4 is 17.3 Å². The molecule has 2 rings (SSSR count). The Kier molecular flexibility index (Phi) is 3.85. The number of hydrogen-bond donors (Lipinski definition) is 3. The number of benzene rings is 1. The van der Waals surface area contributed by atoms with Crippen LogP contribution in [0.2, 0.25) is 0 Å². The minimum atomic E-state index is -0.0593. The lowest BCUT2D eigenvalue weighted by Crippen LogP contribution is -2.07. The summed E-state index contributed by atoms with van der Waals surface area (Å²) in [6, 6.07) is 5.85. The lowest BCUT2D eigenvalue weighted by molar-refractivity contribution is -0.114. The van der Waals surface area contributed by atoms with Gasteiger partial charge >= 0.3 is 0 Å². The summed E-state index contributed by atoms with van der Waals surface area (Å²) in [5, 5.41) is 6.11. The lowest BCUT2D eigenvalue weighted by atomic mass is 10.1. The monoisotopic (exact) mass is 258 g/mol. The van der Waals surface area contributed by atoms with E-state index < -0.39 is 0 Å². The first-order valence-corrected chi connectivity index (χ1v) is 6.17. The Balaban J connectivity index is 2.04. The highest BCUT2D eigenvalue weighted by atomic mass is 16.1. The molecule has 5 heteroatoms. The third-order valence-corrected chi connectivity index (χ3v) is 2.93. The fourth-order valence-electron chi connectivity index (χ4n) is 1.85. The SMILES string of the molecule is CC(=O)Nc1ccc(NCc2nc[nH]c2C)cc1C. The van der Waals surface area contributed by atoms with Crippen LogP contribution in [0.3, 0.4) is 0 Å². The maximum absolute atomic E-state index is 11.0. The molecule has 0 saturated carbocycles. The first-order valence-electron chi connectivity index (χ1n) is 6.17. The van der Waals surface area contributed by atoms with Crippen molar-refractivity contribution in [3.05, 3.63) is 41.5 Å². The van der Waals surface area contributed by atoms with E-state index >= 15 is 0 Å². The van der Waals surface area contributed by atoms with Crippen molar-refractivity contribution in [1.82, 2.24) is 9.97 Å². The number of H-pyrrole nitrogens is 1. The summed E-state index contributed by atoms with van der Waals surface area (Å²) in [6.45, 7) is 6.14. The molecule has 0 aliphatic rings. The normalized spacial score (nSPS) is 10.3. The quantitative estimate of drug-likeness (QED) is 0.789. The number of hydrogen-bond acceptors (Lipinski definition) is 3. The standard InChI is InChI=1S/C14H18N4O/c1-9-6-12(4-5-13(9)18-11(3)19)15-7-14-10(2)16-8-17-14/h4-6,8,15H,7H2,1-3H3,(H,16,17)(H,18,19). The van der Waals surface area contributed by atoms with Crippen molar-refractivity contribution in [2.75, 3.05) is 10.6 Å². The molecule has 19 heavy (non-hydrogen) atoms. The van der Waals surface area contributed by atoms with Gasteiger partial charge in [-0.05, 0) is 37.6 Å². The van der Waals surface area contributed by atoms with E-state index in [0.29, 0.717) is 6.54 Å². The van der Waals surface area contributed by atoms with E-state index in [1.165, 1.54) is 6.92 Å². The Morgan fingerprint density at radius 1 is 1.37 bits per heavy atom. The molecule has 0 aliphatic heterocycles. The Morgan fingerprint density at radius 3 is 2.74 bits per heavy atom. The van der Waals surface area contributed by atoms with Gasteiger partial charge in [-0.3, -0.25) is 4.79 Å². The molecule has 0 saturated heterocycles. The van der Waals surface area contributed by atoms with Crippen LogP contribution in [0, 0.1) is 13.8 Å². The van der Waals surface area contributed by atoms with Gasteiger partial charge in [0.15, 0.2) is 0 Å². The van der Waals surface area contributed by atoms with Crippen molar-refractivity contribution in [2.45, 2.75) is 27.3 Å². The molecule has 1 amide bonds. The van der Waals surface area contributed by atoms with Crippen LogP contribution >= 0.6 is 0 Å². The molecule has 1 aromatic carbocycles. The van der Waals surface area contributed by atoms with Crippen LogP contribution in [0.15, 0.2) is 24.5 Å². The zero-order chi connectivity index (χ0) is 13.8. The van der Waals surface area contributed by atoms with E-state index in [1.54, 1.807) is 6.33 Å².